The van der Waals surface area contributed by atoms with Gasteiger partial charge in [-0.3, -0.25) is 14.3 Å². The molecule has 1 aliphatic rings. The number of hydrogen-bond donors (Lipinski definition) is 1. The molecule has 0 unspecified atom stereocenters. The molecule has 0 atom stereocenters. The van der Waals surface area contributed by atoms with Crippen LogP contribution in [0.2, 0.25) is 0 Å². The van der Waals surface area contributed by atoms with E-state index in [9.17, 15) is 9.18 Å². The van der Waals surface area contributed by atoms with Crippen LogP contribution in [0.25, 0.3) is 16.6 Å². The fourth-order valence-electron chi connectivity index (χ4n) is 3.06. The molecule has 4 nitrogen and oxygen atoms in total. The number of aromatic nitrogens is 2. The van der Waals surface area contributed by atoms with Crippen LogP contribution in [0.4, 0.5) is 4.39 Å². The number of carbonyl (C=O) groups is 1. The summed E-state index contributed by atoms with van der Waals surface area (Å²) in [6.07, 6.45) is 6.63. The van der Waals surface area contributed by atoms with Gasteiger partial charge in [0.2, 0.25) is 0 Å². The maximum atomic E-state index is 13.1. The highest BCUT2D eigenvalue weighted by Crippen LogP contribution is 2.29. The first-order valence-corrected chi connectivity index (χ1v) is 7.90. The van der Waals surface area contributed by atoms with E-state index >= 15 is 0 Å². The normalized spacial score (nSPS) is 14.6. The summed E-state index contributed by atoms with van der Waals surface area (Å²) in [5, 5.41) is 3.29. The molecular weight excluding hydrogens is 305 g/mol. The fraction of sp³-hybridized carbons (Fsp3) is 0.158. The van der Waals surface area contributed by atoms with Gasteiger partial charge in [0.25, 0.3) is 5.91 Å². The van der Waals surface area contributed by atoms with E-state index in [2.05, 4.69) is 16.4 Å². The number of nitrogens with zero attached hydrogens (tertiary/aromatic N) is 2. The molecule has 0 aliphatic carbocycles. The van der Waals surface area contributed by atoms with Crippen molar-refractivity contribution in [3.63, 3.8) is 0 Å². The standard InChI is InChI=1S/C19H16FN3O/c20-15-5-3-14(4-6-15)19(24)23-12-16(13-7-10-21-11-8-13)18-17(23)2-1-9-22-18/h1-7,9,12,21H,8,10-11H2. The molecule has 0 amide bonds. The lowest BCUT2D eigenvalue weighted by Crippen LogP contribution is -2.20. The molecule has 0 spiro atoms. The first kappa shape index (κ1) is 14.8. The SMILES string of the molecule is O=C(c1ccc(F)cc1)n1cc(C2=CCNCC2)c2ncccc21. The molecule has 2 aromatic heterocycles. The minimum absolute atomic E-state index is 0.186. The van der Waals surface area contributed by atoms with Crippen molar-refractivity contribution in [1.82, 2.24) is 14.9 Å². The fourth-order valence-corrected chi connectivity index (χ4v) is 3.06. The van der Waals surface area contributed by atoms with Gasteiger partial charge in [-0.2, -0.15) is 0 Å². The number of carbonyl (C=O) groups excluding carboxylic acids is 1. The Morgan fingerprint density at radius 2 is 2.04 bits per heavy atom. The molecule has 1 aromatic carbocycles. The van der Waals surface area contributed by atoms with Crippen molar-refractivity contribution in [1.29, 1.82) is 0 Å². The van der Waals surface area contributed by atoms with Crippen molar-refractivity contribution >= 4 is 22.5 Å². The highest BCUT2D eigenvalue weighted by molar-refractivity contribution is 6.04. The van der Waals surface area contributed by atoms with Crippen LogP contribution < -0.4 is 5.32 Å². The van der Waals surface area contributed by atoms with Crippen molar-refractivity contribution in [3.8, 4) is 0 Å². The second kappa shape index (κ2) is 6.02. The third-order valence-corrected chi connectivity index (χ3v) is 4.28. The van der Waals surface area contributed by atoms with Gasteiger partial charge in [0, 0.05) is 30.1 Å². The molecule has 1 aliphatic heterocycles. The topological polar surface area (TPSA) is 46.9 Å². The van der Waals surface area contributed by atoms with E-state index in [0.29, 0.717) is 5.56 Å². The summed E-state index contributed by atoms with van der Waals surface area (Å²) >= 11 is 0. The Bertz CT molecular complexity index is 941. The average molecular weight is 321 g/mol. The molecule has 0 saturated heterocycles. The molecule has 0 bridgehead atoms. The number of hydrogen-bond acceptors (Lipinski definition) is 3. The average Bonchev–Trinajstić information content (AvgIpc) is 3.02. The van der Waals surface area contributed by atoms with E-state index in [0.717, 1.165) is 36.1 Å². The van der Waals surface area contributed by atoms with Crippen LogP contribution in [0.15, 0.2) is 54.9 Å². The zero-order valence-corrected chi connectivity index (χ0v) is 13.0. The molecule has 0 fully saturated rings. The summed E-state index contributed by atoms with van der Waals surface area (Å²) in [6, 6.07) is 9.31. The first-order chi connectivity index (χ1) is 11.7. The lowest BCUT2D eigenvalue weighted by molar-refractivity contribution is 0.0965. The van der Waals surface area contributed by atoms with Gasteiger partial charge in [0.15, 0.2) is 0 Å². The van der Waals surface area contributed by atoms with E-state index in [1.807, 2.05) is 18.3 Å². The predicted octanol–water partition coefficient (Wildman–Crippen LogP) is 3.24. The number of nitrogens with one attached hydrogen (secondary N) is 1. The molecule has 4 rings (SSSR count). The van der Waals surface area contributed by atoms with Crippen LogP contribution in [0, 0.1) is 5.82 Å². The summed E-state index contributed by atoms with van der Waals surface area (Å²) in [6.45, 7) is 1.73. The quantitative estimate of drug-likeness (QED) is 0.788. The van der Waals surface area contributed by atoms with Crippen molar-refractivity contribution < 1.29 is 9.18 Å². The molecule has 0 radical (unpaired) electrons. The van der Waals surface area contributed by atoms with E-state index in [-0.39, 0.29) is 11.7 Å². The first-order valence-electron chi connectivity index (χ1n) is 7.90. The van der Waals surface area contributed by atoms with Gasteiger partial charge >= 0.3 is 0 Å². The summed E-state index contributed by atoms with van der Waals surface area (Å²) < 4.78 is 14.7. The second-order valence-electron chi connectivity index (χ2n) is 5.78. The van der Waals surface area contributed by atoms with Crippen molar-refractivity contribution in [2.24, 2.45) is 0 Å². The van der Waals surface area contributed by atoms with Crippen LogP contribution in [0.3, 0.4) is 0 Å². The summed E-state index contributed by atoms with van der Waals surface area (Å²) in [5.41, 5.74) is 4.22. The number of rotatable bonds is 2. The molecule has 1 N–H and O–H groups in total. The lowest BCUT2D eigenvalue weighted by atomic mass is 10.0. The molecule has 3 aromatic rings. The number of halogens is 1. The molecule has 24 heavy (non-hydrogen) atoms. The molecule has 5 heteroatoms. The van der Waals surface area contributed by atoms with Crippen molar-refractivity contribution in [2.45, 2.75) is 6.42 Å². The zero-order valence-electron chi connectivity index (χ0n) is 13.0. The Hall–Kier alpha value is -2.79. The smallest absolute Gasteiger partial charge is 0.262 e. The summed E-state index contributed by atoms with van der Waals surface area (Å²) in [5.74, 6) is -0.542. The van der Waals surface area contributed by atoms with E-state index in [1.54, 1.807) is 10.8 Å². The summed E-state index contributed by atoms with van der Waals surface area (Å²) in [7, 11) is 0. The van der Waals surface area contributed by atoms with Crippen LogP contribution in [0.5, 0.6) is 0 Å². The van der Waals surface area contributed by atoms with Gasteiger partial charge in [0.05, 0.1) is 11.0 Å². The Kier molecular flexibility index (Phi) is 3.70. The summed E-state index contributed by atoms with van der Waals surface area (Å²) in [4.78, 5) is 17.3. The van der Waals surface area contributed by atoms with Gasteiger partial charge in [0.1, 0.15) is 5.82 Å². The molecule has 3 heterocycles. The minimum atomic E-state index is -0.355. The van der Waals surface area contributed by atoms with E-state index in [1.165, 1.54) is 29.8 Å². The van der Waals surface area contributed by atoms with Gasteiger partial charge in [-0.1, -0.05) is 6.08 Å². The molecule has 120 valence electrons. The lowest BCUT2D eigenvalue weighted by Gasteiger charge is -2.12. The van der Waals surface area contributed by atoms with Crippen LogP contribution in [-0.2, 0) is 0 Å². The molecule has 0 saturated carbocycles. The van der Waals surface area contributed by atoms with Gasteiger partial charge in [-0.15, -0.1) is 0 Å². The minimum Gasteiger partial charge on any atom is -0.313 e. The van der Waals surface area contributed by atoms with Gasteiger partial charge in [-0.05, 0) is 54.9 Å². The largest absolute Gasteiger partial charge is 0.313 e. The number of fused-ring (bicyclic) bond motifs is 1. The maximum absolute atomic E-state index is 13.1. The van der Waals surface area contributed by atoms with E-state index in [4.69, 9.17) is 0 Å². The highest BCUT2D eigenvalue weighted by Gasteiger charge is 2.18. The maximum Gasteiger partial charge on any atom is 0.262 e. The van der Waals surface area contributed by atoms with E-state index < -0.39 is 0 Å². The monoisotopic (exact) mass is 321 g/mol. The second-order valence-corrected chi connectivity index (χ2v) is 5.78. The molecular formula is C19H16FN3O. The van der Waals surface area contributed by atoms with Crippen molar-refractivity contribution in [3.05, 3.63) is 71.8 Å². The Morgan fingerprint density at radius 3 is 2.79 bits per heavy atom. The third kappa shape index (κ3) is 2.53. The Labute approximate surface area is 138 Å². The van der Waals surface area contributed by atoms with Crippen LogP contribution >= 0.6 is 0 Å². The van der Waals surface area contributed by atoms with Crippen molar-refractivity contribution in [2.75, 3.05) is 13.1 Å². The van der Waals surface area contributed by atoms with Gasteiger partial charge in [-0.25, -0.2) is 4.39 Å². The highest BCUT2D eigenvalue weighted by atomic mass is 19.1. The Balaban J connectivity index is 1.85. The number of pyridine rings is 1. The van der Waals surface area contributed by atoms with Crippen LogP contribution in [0.1, 0.15) is 22.3 Å². The zero-order chi connectivity index (χ0) is 16.5. The van der Waals surface area contributed by atoms with Crippen LogP contribution in [-0.4, -0.2) is 28.5 Å². The Morgan fingerprint density at radius 1 is 1.21 bits per heavy atom. The van der Waals surface area contributed by atoms with Gasteiger partial charge < -0.3 is 5.32 Å². The number of benzene rings is 1. The third-order valence-electron chi connectivity index (χ3n) is 4.28. The predicted molar refractivity (Wildman–Crippen MR) is 91.3 cm³/mol.